The maximum Gasteiger partial charge on any atom is 0.246 e. The van der Waals surface area contributed by atoms with Crippen molar-refractivity contribution in [1.82, 2.24) is 14.9 Å². The van der Waals surface area contributed by atoms with Crippen LogP contribution in [0.5, 0.6) is 5.75 Å². The molecule has 1 fully saturated rings. The summed E-state index contributed by atoms with van der Waals surface area (Å²) >= 11 is 0. The highest BCUT2D eigenvalue weighted by Crippen LogP contribution is 2.27. The fraction of sp³-hybridized carbons (Fsp3) is 0.273. The zero-order valence-electron chi connectivity index (χ0n) is 15.4. The van der Waals surface area contributed by atoms with Crippen LogP contribution in [-0.2, 0) is 4.79 Å². The van der Waals surface area contributed by atoms with E-state index < -0.39 is 0 Å². The maximum atomic E-state index is 12.5. The number of likely N-dealkylation sites (tertiary alicyclic amines) is 1. The van der Waals surface area contributed by atoms with Crippen LogP contribution in [-0.4, -0.2) is 41.0 Å². The number of nitrogens with one attached hydrogen (secondary N) is 1. The van der Waals surface area contributed by atoms with Crippen molar-refractivity contribution in [3.8, 4) is 5.75 Å². The van der Waals surface area contributed by atoms with Gasteiger partial charge >= 0.3 is 0 Å². The van der Waals surface area contributed by atoms with Crippen LogP contribution in [0.4, 0.5) is 0 Å². The molecule has 5 nitrogen and oxygen atoms in total. The number of rotatable bonds is 4. The molecule has 0 radical (unpaired) electrons. The number of ether oxygens (including phenoxy) is 1. The third-order valence-corrected chi connectivity index (χ3v) is 5.14. The normalized spacial score (nSPS) is 15.5. The van der Waals surface area contributed by atoms with Crippen molar-refractivity contribution in [3.63, 3.8) is 0 Å². The van der Waals surface area contributed by atoms with E-state index in [-0.39, 0.29) is 5.91 Å². The summed E-state index contributed by atoms with van der Waals surface area (Å²) in [6, 6.07) is 15.8. The summed E-state index contributed by atoms with van der Waals surface area (Å²) < 4.78 is 5.15. The number of nitrogens with zero attached hydrogens (tertiary/aromatic N) is 2. The SMILES string of the molecule is COc1ccc(/C=C/C(=O)N2CCC(c3nc4ccccc4[nH]3)CC2)cc1. The van der Waals surface area contributed by atoms with Crippen molar-refractivity contribution in [1.29, 1.82) is 0 Å². The number of piperidine rings is 1. The van der Waals surface area contributed by atoms with Gasteiger partial charge < -0.3 is 14.6 Å². The van der Waals surface area contributed by atoms with E-state index >= 15 is 0 Å². The number of aromatic amines is 1. The molecule has 27 heavy (non-hydrogen) atoms. The minimum absolute atomic E-state index is 0.0638. The lowest BCUT2D eigenvalue weighted by Gasteiger charge is -2.30. The molecule has 1 aliphatic heterocycles. The van der Waals surface area contributed by atoms with Gasteiger partial charge in [-0.25, -0.2) is 4.98 Å². The number of para-hydroxylation sites is 2. The number of imidazole rings is 1. The number of hydrogen-bond acceptors (Lipinski definition) is 3. The molecule has 138 valence electrons. The summed E-state index contributed by atoms with van der Waals surface area (Å²) in [6.07, 6.45) is 5.38. The highest BCUT2D eigenvalue weighted by molar-refractivity contribution is 5.91. The van der Waals surface area contributed by atoms with Gasteiger partial charge in [0, 0.05) is 25.1 Å². The minimum Gasteiger partial charge on any atom is -0.497 e. The second-order valence-corrected chi connectivity index (χ2v) is 6.85. The summed E-state index contributed by atoms with van der Waals surface area (Å²) in [5.74, 6) is 2.30. The molecule has 0 bridgehead atoms. The molecule has 3 aromatic rings. The van der Waals surface area contributed by atoms with Crippen LogP contribution in [0.25, 0.3) is 17.1 Å². The number of amides is 1. The molecule has 0 spiro atoms. The van der Waals surface area contributed by atoms with E-state index in [1.807, 2.05) is 53.4 Å². The van der Waals surface area contributed by atoms with Crippen LogP contribution in [0.2, 0.25) is 0 Å². The van der Waals surface area contributed by atoms with E-state index in [0.29, 0.717) is 5.92 Å². The second-order valence-electron chi connectivity index (χ2n) is 6.85. The Morgan fingerprint density at radius 3 is 2.59 bits per heavy atom. The molecular weight excluding hydrogens is 338 g/mol. The average Bonchev–Trinajstić information content (AvgIpc) is 3.17. The lowest BCUT2D eigenvalue weighted by molar-refractivity contribution is -0.127. The second kappa shape index (κ2) is 7.66. The van der Waals surface area contributed by atoms with Gasteiger partial charge in [0.2, 0.25) is 5.91 Å². The molecule has 1 aromatic heterocycles. The predicted octanol–water partition coefficient (Wildman–Crippen LogP) is 3.99. The molecule has 0 atom stereocenters. The van der Waals surface area contributed by atoms with Gasteiger partial charge in [0.25, 0.3) is 0 Å². The number of hydrogen-bond donors (Lipinski definition) is 1. The monoisotopic (exact) mass is 361 g/mol. The van der Waals surface area contributed by atoms with Gasteiger partial charge in [0.15, 0.2) is 0 Å². The minimum atomic E-state index is 0.0638. The van der Waals surface area contributed by atoms with E-state index in [1.54, 1.807) is 13.2 Å². The van der Waals surface area contributed by atoms with Crippen molar-refractivity contribution in [2.24, 2.45) is 0 Å². The first kappa shape index (κ1) is 17.3. The number of benzene rings is 2. The highest BCUT2D eigenvalue weighted by Gasteiger charge is 2.24. The Morgan fingerprint density at radius 1 is 1.15 bits per heavy atom. The molecule has 1 amide bonds. The lowest BCUT2D eigenvalue weighted by Crippen LogP contribution is -2.37. The van der Waals surface area contributed by atoms with Crippen molar-refractivity contribution in [3.05, 3.63) is 66.0 Å². The molecule has 4 rings (SSSR count). The summed E-state index contributed by atoms with van der Waals surface area (Å²) in [6.45, 7) is 1.51. The van der Waals surface area contributed by atoms with Crippen LogP contribution in [0.3, 0.4) is 0 Å². The Morgan fingerprint density at radius 2 is 1.89 bits per heavy atom. The number of H-pyrrole nitrogens is 1. The molecule has 2 aromatic carbocycles. The third kappa shape index (κ3) is 3.87. The summed E-state index contributed by atoms with van der Waals surface area (Å²) in [7, 11) is 1.64. The lowest BCUT2D eigenvalue weighted by atomic mass is 9.96. The summed E-state index contributed by atoms with van der Waals surface area (Å²) in [5, 5.41) is 0. The zero-order valence-corrected chi connectivity index (χ0v) is 15.4. The molecule has 5 heteroatoms. The van der Waals surface area contributed by atoms with Gasteiger partial charge in [-0.05, 0) is 48.7 Å². The van der Waals surface area contributed by atoms with Crippen LogP contribution < -0.4 is 4.74 Å². The molecule has 1 aliphatic rings. The van der Waals surface area contributed by atoms with Gasteiger partial charge in [-0.3, -0.25) is 4.79 Å². The molecular formula is C22H23N3O2. The predicted molar refractivity (Wildman–Crippen MR) is 107 cm³/mol. The van der Waals surface area contributed by atoms with Gasteiger partial charge in [0.1, 0.15) is 11.6 Å². The largest absolute Gasteiger partial charge is 0.497 e. The van der Waals surface area contributed by atoms with Gasteiger partial charge in [-0.15, -0.1) is 0 Å². The maximum absolute atomic E-state index is 12.5. The van der Waals surface area contributed by atoms with Crippen LogP contribution >= 0.6 is 0 Å². The topological polar surface area (TPSA) is 58.2 Å². The summed E-state index contributed by atoms with van der Waals surface area (Å²) in [4.78, 5) is 22.5. The summed E-state index contributed by atoms with van der Waals surface area (Å²) in [5.41, 5.74) is 3.07. The first-order valence-electron chi connectivity index (χ1n) is 9.28. The van der Waals surface area contributed by atoms with Gasteiger partial charge in [-0.1, -0.05) is 24.3 Å². The van der Waals surface area contributed by atoms with E-state index in [4.69, 9.17) is 9.72 Å². The van der Waals surface area contributed by atoms with Gasteiger partial charge in [-0.2, -0.15) is 0 Å². The molecule has 1 saturated heterocycles. The number of aromatic nitrogens is 2. The zero-order chi connectivity index (χ0) is 18.6. The highest BCUT2D eigenvalue weighted by atomic mass is 16.5. The van der Waals surface area contributed by atoms with E-state index in [1.165, 1.54) is 0 Å². The van der Waals surface area contributed by atoms with Crippen molar-refractivity contribution in [2.45, 2.75) is 18.8 Å². The standard InChI is InChI=1S/C22H23N3O2/c1-27-18-9-6-16(7-10-18)8-11-21(26)25-14-12-17(13-15-25)22-23-19-4-2-3-5-20(19)24-22/h2-11,17H,12-15H2,1H3,(H,23,24)/b11-8+. The molecule has 2 heterocycles. The van der Waals surface area contributed by atoms with Crippen LogP contribution in [0.1, 0.15) is 30.1 Å². The Kier molecular flexibility index (Phi) is 4.92. The Labute approximate surface area is 158 Å². The average molecular weight is 361 g/mol. The smallest absolute Gasteiger partial charge is 0.246 e. The van der Waals surface area contributed by atoms with Crippen molar-refractivity contribution >= 4 is 23.0 Å². The number of methoxy groups -OCH3 is 1. The fourth-order valence-corrected chi connectivity index (χ4v) is 3.53. The third-order valence-electron chi connectivity index (χ3n) is 5.14. The van der Waals surface area contributed by atoms with Crippen molar-refractivity contribution < 1.29 is 9.53 Å². The Bertz CT molecular complexity index is 918. The van der Waals surface area contributed by atoms with Crippen LogP contribution in [0, 0.1) is 0 Å². The first-order valence-corrected chi connectivity index (χ1v) is 9.28. The Hall–Kier alpha value is -3.08. The van der Waals surface area contributed by atoms with E-state index in [0.717, 1.165) is 54.1 Å². The first-order chi connectivity index (χ1) is 13.2. The molecule has 0 unspecified atom stereocenters. The number of fused-ring (bicyclic) bond motifs is 1. The Balaban J connectivity index is 1.35. The van der Waals surface area contributed by atoms with Crippen molar-refractivity contribution in [2.75, 3.05) is 20.2 Å². The quantitative estimate of drug-likeness (QED) is 0.715. The molecule has 0 saturated carbocycles. The van der Waals surface area contributed by atoms with Crippen LogP contribution in [0.15, 0.2) is 54.6 Å². The number of carbonyl (C=O) groups excluding carboxylic acids is 1. The molecule has 1 N–H and O–H groups in total. The molecule has 0 aliphatic carbocycles. The fourth-order valence-electron chi connectivity index (χ4n) is 3.53. The van der Waals surface area contributed by atoms with E-state index in [2.05, 4.69) is 11.1 Å². The van der Waals surface area contributed by atoms with Gasteiger partial charge in [0.05, 0.1) is 18.1 Å². The van der Waals surface area contributed by atoms with E-state index in [9.17, 15) is 4.79 Å². The number of carbonyl (C=O) groups is 1.